The average Bonchev–Trinajstić information content (AvgIpc) is 3.64. The first-order chi connectivity index (χ1) is 17.0. The van der Waals surface area contributed by atoms with Gasteiger partial charge in [-0.3, -0.25) is 14.6 Å². The van der Waals surface area contributed by atoms with Gasteiger partial charge < -0.3 is 4.74 Å². The molecule has 7 nitrogen and oxygen atoms in total. The number of thiazole rings is 1. The molecule has 7 rings (SSSR count). The second-order valence-electron chi connectivity index (χ2n) is 9.17. The Morgan fingerprint density at radius 3 is 2.40 bits per heavy atom. The van der Waals surface area contributed by atoms with Crippen LogP contribution in [0, 0.1) is 24.7 Å². The van der Waals surface area contributed by atoms with Crippen molar-refractivity contribution in [2.45, 2.75) is 25.2 Å². The maximum absolute atomic E-state index is 13.6. The Balaban J connectivity index is 1.35. The van der Waals surface area contributed by atoms with Crippen LogP contribution in [0.4, 0.5) is 10.8 Å². The highest BCUT2D eigenvalue weighted by Gasteiger charge is 2.72. The molecule has 2 amide bonds. The first-order valence-electron chi connectivity index (χ1n) is 11.3. The molecule has 176 valence electrons. The van der Waals surface area contributed by atoms with Gasteiger partial charge in [-0.1, -0.05) is 53.5 Å². The first kappa shape index (κ1) is 21.5. The predicted octanol–water partition coefficient (Wildman–Crippen LogP) is 4.55. The number of rotatable bonds is 3. The van der Waals surface area contributed by atoms with Crippen molar-refractivity contribution in [2.24, 2.45) is 22.9 Å². The molecule has 5 heterocycles. The zero-order chi connectivity index (χ0) is 24.0. The number of nitrogens with zero attached hydrogens (tertiary/aromatic N) is 4. The van der Waals surface area contributed by atoms with Gasteiger partial charge in [-0.05, 0) is 25.1 Å². The van der Waals surface area contributed by atoms with E-state index in [0.717, 1.165) is 16.3 Å². The lowest BCUT2D eigenvalue weighted by atomic mass is 9.70. The molecule has 3 aromatic rings. The van der Waals surface area contributed by atoms with Crippen LogP contribution in [-0.2, 0) is 14.3 Å². The highest BCUT2D eigenvalue weighted by atomic mass is 35.5. The Labute approximate surface area is 214 Å². The summed E-state index contributed by atoms with van der Waals surface area (Å²) in [7, 11) is 0. The summed E-state index contributed by atoms with van der Waals surface area (Å²) in [6, 6.07) is 15.0. The monoisotopic (exact) mass is 524 g/mol. The van der Waals surface area contributed by atoms with Crippen molar-refractivity contribution in [2.75, 3.05) is 9.91 Å². The highest BCUT2D eigenvalue weighted by Crippen LogP contribution is 2.57. The summed E-state index contributed by atoms with van der Waals surface area (Å²) in [6.45, 7) is 1.90. The van der Waals surface area contributed by atoms with Crippen LogP contribution in [0.2, 0.25) is 10.0 Å². The molecule has 10 heteroatoms. The number of imide groups is 1. The number of aryl methyl sites for hydroxylation is 1. The molecular weight excluding hydrogens is 507 g/mol. The zero-order valence-electron chi connectivity index (χ0n) is 18.3. The molecule has 0 radical (unpaired) electrons. The van der Waals surface area contributed by atoms with Gasteiger partial charge in [0.15, 0.2) is 5.13 Å². The maximum atomic E-state index is 13.6. The summed E-state index contributed by atoms with van der Waals surface area (Å²) < 4.78 is 6.43. The average molecular weight is 525 g/mol. The van der Waals surface area contributed by atoms with Gasteiger partial charge in [0.25, 0.3) is 0 Å². The van der Waals surface area contributed by atoms with E-state index in [1.807, 2.05) is 54.4 Å². The van der Waals surface area contributed by atoms with E-state index in [9.17, 15) is 9.59 Å². The number of hydrazone groups is 1. The van der Waals surface area contributed by atoms with E-state index in [-0.39, 0.29) is 23.8 Å². The number of hydrogen-bond donors (Lipinski definition) is 0. The summed E-state index contributed by atoms with van der Waals surface area (Å²) in [5.41, 5.74) is 2.32. The van der Waals surface area contributed by atoms with Crippen LogP contribution in [0.1, 0.15) is 10.4 Å². The minimum Gasteiger partial charge on any atom is -0.370 e. The van der Waals surface area contributed by atoms with Crippen molar-refractivity contribution in [1.82, 2.24) is 4.98 Å². The Hall–Kier alpha value is -2.78. The summed E-state index contributed by atoms with van der Waals surface area (Å²) >= 11 is 14.3. The molecule has 0 aliphatic carbocycles. The number of fused-ring (bicyclic) bond motifs is 8. The van der Waals surface area contributed by atoms with Crippen LogP contribution in [-0.4, -0.2) is 40.8 Å². The smallest absolute Gasteiger partial charge is 0.242 e. The van der Waals surface area contributed by atoms with Crippen molar-refractivity contribution < 1.29 is 14.3 Å². The third-order valence-corrected chi connectivity index (χ3v) is 9.06. The fraction of sp³-hybridized carbons (Fsp3) is 0.280. The summed E-state index contributed by atoms with van der Waals surface area (Å²) in [6.07, 6.45) is 0.689. The molecule has 2 bridgehead atoms. The first-order valence-corrected chi connectivity index (χ1v) is 12.9. The third-order valence-electron chi connectivity index (χ3n) is 7.34. The van der Waals surface area contributed by atoms with E-state index >= 15 is 0 Å². The number of aromatic nitrogens is 1. The molecule has 0 N–H and O–H groups in total. The van der Waals surface area contributed by atoms with Crippen LogP contribution in [0.25, 0.3) is 0 Å². The number of carbonyl (C=O) groups is 2. The quantitative estimate of drug-likeness (QED) is 0.469. The topological polar surface area (TPSA) is 75.1 Å². The minimum absolute atomic E-state index is 0.243. The van der Waals surface area contributed by atoms with Crippen molar-refractivity contribution in [3.8, 4) is 0 Å². The normalized spacial score (nSPS) is 30.8. The van der Waals surface area contributed by atoms with Gasteiger partial charge in [0.2, 0.25) is 11.8 Å². The van der Waals surface area contributed by atoms with Gasteiger partial charge in [-0.25, -0.2) is 9.88 Å². The molecule has 0 spiro atoms. The minimum atomic E-state index is -0.586. The predicted molar refractivity (Wildman–Crippen MR) is 134 cm³/mol. The Morgan fingerprint density at radius 1 is 0.943 bits per heavy atom. The zero-order valence-corrected chi connectivity index (χ0v) is 20.7. The molecular formula is C25H18Cl2N4O3S. The molecule has 4 aliphatic rings. The van der Waals surface area contributed by atoms with Crippen LogP contribution >= 0.6 is 34.5 Å². The summed E-state index contributed by atoms with van der Waals surface area (Å²) in [4.78, 5) is 33.7. The van der Waals surface area contributed by atoms with E-state index in [2.05, 4.69) is 4.98 Å². The summed E-state index contributed by atoms with van der Waals surface area (Å²) in [5.74, 6) is -1.91. The molecule has 4 aliphatic heterocycles. The van der Waals surface area contributed by atoms with Gasteiger partial charge in [-0.2, -0.15) is 5.10 Å². The fourth-order valence-electron chi connectivity index (χ4n) is 5.99. The van der Waals surface area contributed by atoms with E-state index in [0.29, 0.717) is 20.7 Å². The number of hydrogen-bond acceptors (Lipinski definition) is 7. The number of anilines is 2. The van der Waals surface area contributed by atoms with E-state index < -0.39 is 24.0 Å². The lowest BCUT2D eigenvalue weighted by Crippen LogP contribution is -2.50. The molecule has 3 saturated heterocycles. The fourth-order valence-corrected chi connectivity index (χ4v) is 7.16. The largest absolute Gasteiger partial charge is 0.370 e. The number of ether oxygens (including phenoxy) is 1. The van der Waals surface area contributed by atoms with Gasteiger partial charge in [0.05, 0.1) is 57.4 Å². The Morgan fingerprint density at radius 2 is 1.69 bits per heavy atom. The van der Waals surface area contributed by atoms with Gasteiger partial charge in [0, 0.05) is 16.6 Å². The molecule has 6 unspecified atom stereocenters. The molecule has 6 atom stereocenters. The molecule has 2 aromatic carbocycles. The van der Waals surface area contributed by atoms with Gasteiger partial charge in [0.1, 0.15) is 0 Å². The van der Waals surface area contributed by atoms with Gasteiger partial charge >= 0.3 is 0 Å². The van der Waals surface area contributed by atoms with Crippen LogP contribution in [0.5, 0.6) is 0 Å². The summed E-state index contributed by atoms with van der Waals surface area (Å²) in [5, 5.41) is 8.18. The number of amides is 2. The Kier molecular flexibility index (Phi) is 4.67. The molecule has 1 aromatic heterocycles. The van der Waals surface area contributed by atoms with Crippen LogP contribution in [0.15, 0.2) is 59.8 Å². The van der Waals surface area contributed by atoms with E-state index in [1.165, 1.54) is 16.2 Å². The number of halogens is 2. The molecule has 3 fully saturated rings. The molecule has 35 heavy (non-hydrogen) atoms. The third kappa shape index (κ3) is 2.88. The lowest BCUT2D eigenvalue weighted by molar-refractivity contribution is -0.125. The number of benzene rings is 2. The Bertz CT molecular complexity index is 1430. The molecule has 0 saturated carbocycles. The van der Waals surface area contributed by atoms with Crippen molar-refractivity contribution >= 4 is 62.9 Å². The maximum Gasteiger partial charge on any atom is 0.242 e. The van der Waals surface area contributed by atoms with Crippen molar-refractivity contribution in [3.63, 3.8) is 0 Å². The lowest BCUT2D eigenvalue weighted by Gasteiger charge is -2.32. The van der Waals surface area contributed by atoms with Crippen molar-refractivity contribution in [1.29, 1.82) is 0 Å². The number of carbonyl (C=O) groups excluding carboxylic acids is 2. The van der Waals surface area contributed by atoms with Crippen LogP contribution < -0.4 is 9.91 Å². The van der Waals surface area contributed by atoms with Crippen LogP contribution in [0.3, 0.4) is 0 Å². The van der Waals surface area contributed by atoms with E-state index in [4.69, 9.17) is 33.0 Å². The SMILES string of the molecule is Cc1cnc(N2C(=O)C3C4OC(C3C2=O)C2C4C(c3cccc(Cl)c3Cl)=NN2c2ccccc2)s1. The second-order valence-corrected chi connectivity index (χ2v) is 11.2. The standard InChI is InChI=1S/C25H18Cl2N4O3S/c1-11-10-28-25(35-11)30-23(32)15-16(24(30)33)22-20-17(21(15)34-22)19(13-8-5-9-14(26)18(13)27)29-31(20)12-6-3-2-4-7-12/h2-10,15-17,20-22H,1H3. The van der Waals surface area contributed by atoms with Gasteiger partial charge in [-0.15, -0.1) is 11.3 Å². The number of para-hydroxylation sites is 1. The second kappa shape index (κ2) is 7.61. The van der Waals surface area contributed by atoms with E-state index in [1.54, 1.807) is 12.3 Å². The highest BCUT2D eigenvalue weighted by molar-refractivity contribution is 7.16. The van der Waals surface area contributed by atoms with Crippen molar-refractivity contribution in [3.05, 3.63) is 75.2 Å².